The third kappa shape index (κ3) is 7.45. The molecular weight excluding hydrogens is 687 g/mol. The molecule has 0 spiro atoms. The van der Waals surface area contributed by atoms with Gasteiger partial charge in [-0.25, -0.2) is 4.79 Å². The van der Waals surface area contributed by atoms with E-state index >= 15 is 0 Å². The number of alkyl halides is 9. The van der Waals surface area contributed by atoms with Gasteiger partial charge < -0.3 is 19.7 Å². The Hall–Kier alpha value is -4.96. The van der Waals surface area contributed by atoms with E-state index in [9.17, 15) is 49.1 Å². The summed E-state index contributed by atoms with van der Waals surface area (Å²) in [5.41, 5.74) is -5.85. The number of nitrogens with one attached hydrogen (secondary N) is 1. The number of piperazine rings is 1. The molecule has 0 radical (unpaired) electrons. The first-order valence-corrected chi connectivity index (χ1v) is 15.0. The largest absolute Gasteiger partial charge is 0.497 e. The number of amidine groups is 1. The van der Waals surface area contributed by atoms with Gasteiger partial charge in [0.05, 0.1) is 41.5 Å². The highest BCUT2D eigenvalue weighted by Gasteiger charge is 2.48. The van der Waals surface area contributed by atoms with Crippen molar-refractivity contribution in [1.82, 2.24) is 15.1 Å². The van der Waals surface area contributed by atoms with Crippen LogP contribution in [-0.4, -0.2) is 60.4 Å². The van der Waals surface area contributed by atoms with Crippen LogP contribution < -0.4 is 14.8 Å². The van der Waals surface area contributed by atoms with Gasteiger partial charge in [-0.05, 0) is 61.4 Å². The van der Waals surface area contributed by atoms with Crippen LogP contribution in [0.3, 0.4) is 0 Å². The first kappa shape index (κ1) is 36.3. The zero-order valence-corrected chi connectivity index (χ0v) is 26.5. The Balaban J connectivity index is 1.82. The Morgan fingerprint density at radius 3 is 2.18 bits per heavy atom. The SMILES string of the molecule is COc1ccc(C2=N[C@@H](c3ccc(C(F)(F)F)c(C(F)(F)F)c3)[C@@H](c3cccc(C(F)(F)F)c3)N2C(=O)N2CCNC(=O)C2)c(OC(C)C)c1. The van der Waals surface area contributed by atoms with Crippen LogP contribution >= 0.6 is 0 Å². The van der Waals surface area contributed by atoms with Crippen molar-refractivity contribution in [3.05, 3.63) is 94.0 Å². The van der Waals surface area contributed by atoms with Crippen molar-refractivity contribution in [2.75, 3.05) is 26.7 Å². The lowest BCUT2D eigenvalue weighted by Crippen LogP contribution is -2.55. The summed E-state index contributed by atoms with van der Waals surface area (Å²) in [6, 6.07) is 4.89. The number of carbonyl (C=O) groups excluding carboxylic acids is 2. The van der Waals surface area contributed by atoms with Gasteiger partial charge in [-0.2, -0.15) is 39.5 Å². The second-order valence-electron chi connectivity index (χ2n) is 11.7. The zero-order chi connectivity index (χ0) is 36.8. The van der Waals surface area contributed by atoms with Crippen LogP contribution in [0.15, 0.2) is 65.7 Å². The average Bonchev–Trinajstić information content (AvgIpc) is 3.43. The van der Waals surface area contributed by atoms with E-state index in [0.29, 0.717) is 6.07 Å². The molecular formula is C33H29F9N4O4. The van der Waals surface area contributed by atoms with Crippen LogP contribution in [0.25, 0.3) is 0 Å². The Morgan fingerprint density at radius 2 is 1.58 bits per heavy atom. The highest BCUT2D eigenvalue weighted by atomic mass is 19.4. The summed E-state index contributed by atoms with van der Waals surface area (Å²) in [5, 5.41) is 2.54. The predicted molar refractivity (Wildman–Crippen MR) is 160 cm³/mol. The van der Waals surface area contributed by atoms with E-state index in [1.54, 1.807) is 13.8 Å². The maximum Gasteiger partial charge on any atom is 0.417 e. The summed E-state index contributed by atoms with van der Waals surface area (Å²) in [6.45, 7) is 2.83. The quantitative estimate of drug-likeness (QED) is 0.266. The number of methoxy groups -OCH3 is 1. The molecule has 3 aromatic carbocycles. The highest BCUT2D eigenvalue weighted by molar-refractivity contribution is 6.11. The second kappa shape index (κ2) is 13.4. The van der Waals surface area contributed by atoms with Gasteiger partial charge in [0.2, 0.25) is 5.91 Å². The van der Waals surface area contributed by atoms with Crippen molar-refractivity contribution in [1.29, 1.82) is 0 Å². The minimum Gasteiger partial charge on any atom is -0.497 e. The summed E-state index contributed by atoms with van der Waals surface area (Å²) >= 11 is 0. The lowest BCUT2D eigenvalue weighted by atomic mass is 9.90. The molecule has 0 aliphatic carbocycles. The summed E-state index contributed by atoms with van der Waals surface area (Å²) in [6.07, 6.45) is -16.3. The van der Waals surface area contributed by atoms with E-state index in [1.807, 2.05) is 0 Å². The van der Waals surface area contributed by atoms with Crippen LogP contribution in [-0.2, 0) is 23.3 Å². The van der Waals surface area contributed by atoms with E-state index in [-0.39, 0.29) is 53.7 Å². The number of rotatable bonds is 6. The molecule has 50 heavy (non-hydrogen) atoms. The lowest BCUT2D eigenvalue weighted by Gasteiger charge is -2.36. The number of carbonyl (C=O) groups is 2. The first-order valence-electron chi connectivity index (χ1n) is 15.0. The molecule has 0 bridgehead atoms. The van der Waals surface area contributed by atoms with Crippen molar-refractivity contribution < 1.29 is 58.6 Å². The Bertz CT molecular complexity index is 1800. The van der Waals surface area contributed by atoms with Crippen molar-refractivity contribution in [2.24, 2.45) is 4.99 Å². The van der Waals surface area contributed by atoms with Crippen molar-refractivity contribution in [3.8, 4) is 11.5 Å². The highest BCUT2D eigenvalue weighted by Crippen LogP contribution is 2.49. The minimum atomic E-state index is -5.50. The number of nitrogens with zero attached hydrogens (tertiary/aromatic N) is 3. The predicted octanol–water partition coefficient (Wildman–Crippen LogP) is 7.64. The maximum absolute atomic E-state index is 14.4. The zero-order valence-electron chi connectivity index (χ0n) is 26.5. The third-order valence-electron chi connectivity index (χ3n) is 7.93. The van der Waals surface area contributed by atoms with E-state index in [4.69, 9.17) is 9.47 Å². The molecule has 1 saturated heterocycles. The van der Waals surface area contributed by atoms with Crippen LogP contribution in [0.4, 0.5) is 44.3 Å². The van der Waals surface area contributed by atoms with Crippen LogP contribution in [0.5, 0.6) is 11.5 Å². The van der Waals surface area contributed by atoms with Crippen LogP contribution in [0.2, 0.25) is 0 Å². The molecule has 0 unspecified atom stereocenters. The van der Waals surface area contributed by atoms with Gasteiger partial charge in [0.25, 0.3) is 0 Å². The van der Waals surface area contributed by atoms with Gasteiger partial charge in [0.1, 0.15) is 29.9 Å². The van der Waals surface area contributed by atoms with Gasteiger partial charge in [-0.1, -0.05) is 18.2 Å². The molecule has 3 amide bonds. The molecule has 268 valence electrons. The molecule has 3 aromatic rings. The van der Waals surface area contributed by atoms with E-state index in [2.05, 4.69) is 10.3 Å². The molecule has 0 aromatic heterocycles. The van der Waals surface area contributed by atoms with E-state index in [1.165, 1.54) is 31.4 Å². The van der Waals surface area contributed by atoms with Gasteiger partial charge in [-0.15, -0.1) is 0 Å². The van der Waals surface area contributed by atoms with Crippen LogP contribution in [0.1, 0.15) is 59.3 Å². The summed E-state index contributed by atoms with van der Waals surface area (Å²) in [5.74, 6) is -0.475. The number of hydrogen-bond donors (Lipinski definition) is 1. The molecule has 2 heterocycles. The smallest absolute Gasteiger partial charge is 0.417 e. The van der Waals surface area contributed by atoms with E-state index < -0.39 is 77.5 Å². The third-order valence-corrected chi connectivity index (χ3v) is 7.93. The molecule has 2 atom stereocenters. The molecule has 1 N–H and O–H groups in total. The number of aliphatic imine (C=N–C) groups is 1. The standard InChI is InChI=1S/C33H29F9N4O4/c1-17(2)50-25-15-21(49-3)8-9-22(25)29-44-27(18-7-10-23(32(37,38)39)24(14-18)33(40,41)42)28(19-5-4-6-20(13-19)31(34,35)36)46(29)30(48)45-12-11-43-26(47)16-45/h4-10,13-15,17,27-28H,11-12,16H2,1-3H3,(H,43,47)/t27-,28+/m0/s1. The van der Waals surface area contributed by atoms with Crippen molar-refractivity contribution in [2.45, 2.75) is 50.6 Å². The molecule has 17 heteroatoms. The Labute approximate surface area is 279 Å². The van der Waals surface area contributed by atoms with Gasteiger partial charge >= 0.3 is 24.6 Å². The van der Waals surface area contributed by atoms with Gasteiger partial charge in [0, 0.05) is 19.2 Å². The lowest BCUT2D eigenvalue weighted by molar-refractivity contribution is -0.162. The Kier molecular flexibility index (Phi) is 9.73. The summed E-state index contributed by atoms with van der Waals surface area (Å²) in [4.78, 5) is 33.3. The number of ether oxygens (including phenoxy) is 2. The molecule has 0 saturated carbocycles. The second-order valence-corrected chi connectivity index (χ2v) is 11.7. The monoisotopic (exact) mass is 716 g/mol. The molecule has 1 fully saturated rings. The van der Waals surface area contributed by atoms with Gasteiger partial charge in [-0.3, -0.25) is 14.7 Å². The normalized spacial score (nSPS) is 18.7. The number of benzene rings is 3. The number of amides is 3. The average molecular weight is 717 g/mol. The fraction of sp³-hybridized carbons (Fsp3) is 0.364. The maximum atomic E-state index is 14.4. The number of hydrogen-bond acceptors (Lipinski definition) is 5. The molecule has 8 nitrogen and oxygen atoms in total. The molecule has 2 aliphatic rings. The first-order chi connectivity index (χ1) is 23.3. The number of urea groups is 1. The summed E-state index contributed by atoms with van der Waals surface area (Å²) < 4.78 is 137. The van der Waals surface area contributed by atoms with E-state index in [0.717, 1.165) is 28.0 Å². The van der Waals surface area contributed by atoms with Crippen molar-refractivity contribution in [3.63, 3.8) is 0 Å². The minimum absolute atomic E-state index is 0.0145. The van der Waals surface area contributed by atoms with Crippen LogP contribution in [0, 0.1) is 0 Å². The fourth-order valence-electron chi connectivity index (χ4n) is 5.78. The summed E-state index contributed by atoms with van der Waals surface area (Å²) in [7, 11) is 1.36. The fourth-order valence-corrected chi connectivity index (χ4v) is 5.78. The van der Waals surface area contributed by atoms with Crippen molar-refractivity contribution >= 4 is 17.8 Å². The molecule has 2 aliphatic heterocycles. The topological polar surface area (TPSA) is 83.5 Å². The Morgan fingerprint density at radius 1 is 0.880 bits per heavy atom. The number of halogens is 9. The molecule has 5 rings (SSSR count). The van der Waals surface area contributed by atoms with Gasteiger partial charge in [0.15, 0.2) is 0 Å².